The van der Waals surface area contributed by atoms with Gasteiger partial charge in [-0.15, -0.1) is 0 Å². The third-order valence-electron chi connectivity index (χ3n) is 1.69. The monoisotopic (exact) mass is 135 g/mol. The normalized spacial score (nSPS) is 14.4. The minimum atomic E-state index is 0.591. The van der Waals surface area contributed by atoms with Crippen LogP contribution in [0.5, 0.6) is 0 Å². The lowest BCUT2D eigenvalue weighted by Gasteiger charge is -1.97. The SMILES string of the molecule is Nc1ccc2c(n1)NCC2. The fourth-order valence-corrected chi connectivity index (χ4v) is 1.17. The van der Waals surface area contributed by atoms with Crippen LogP contribution in [0, 0.1) is 0 Å². The van der Waals surface area contributed by atoms with Gasteiger partial charge in [-0.05, 0) is 18.1 Å². The molecule has 0 saturated heterocycles. The smallest absolute Gasteiger partial charge is 0.131 e. The number of nitrogens with two attached hydrogens (primary N) is 1. The summed E-state index contributed by atoms with van der Waals surface area (Å²) in [6.45, 7) is 0.992. The van der Waals surface area contributed by atoms with E-state index in [9.17, 15) is 0 Å². The first kappa shape index (κ1) is 5.53. The lowest BCUT2D eigenvalue weighted by Crippen LogP contribution is -1.95. The summed E-state index contributed by atoms with van der Waals surface area (Å²) in [6, 6.07) is 3.86. The van der Waals surface area contributed by atoms with Crippen molar-refractivity contribution < 1.29 is 0 Å². The van der Waals surface area contributed by atoms with E-state index in [4.69, 9.17) is 5.73 Å². The van der Waals surface area contributed by atoms with Gasteiger partial charge in [0.15, 0.2) is 0 Å². The second-order valence-corrected chi connectivity index (χ2v) is 2.42. The summed E-state index contributed by atoms with van der Waals surface area (Å²) in [7, 11) is 0. The van der Waals surface area contributed by atoms with Crippen molar-refractivity contribution in [2.45, 2.75) is 6.42 Å². The van der Waals surface area contributed by atoms with E-state index < -0.39 is 0 Å². The van der Waals surface area contributed by atoms with Crippen molar-refractivity contribution in [3.05, 3.63) is 17.7 Å². The predicted octanol–water partition coefficient (Wildman–Crippen LogP) is 0.632. The van der Waals surface area contributed by atoms with E-state index in [1.165, 1.54) is 5.56 Å². The molecule has 2 heterocycles. The molecule has 0 radical (unpaired) electrons. The van der Waals surface area contributed by atoms with E-state index in [-0.39, 0.29) is 0 Å². The predicted molar refractivity (Wildman–Crippen MR) is 40.8 cm³/mol. The fourth-order valence-electron chi connectivity index (χ4n) is 1.17. The highest BCUT2D eigenvalue weighted by atomic mass is 15.0. The standard InChI is InChI=1S/C7H9N3/c8-6-2-1-5-3-4-9-7(5)10-6/h1-2H,3-4H2,(H3,8,9,10). The Morgan fingerprint density at radius 1 is 1.50 bits per heavy atom. The average Bonchev–Trinajstić information content (AvgIpc) is 2.33. The molecule has 3 heteroatoms. The van der Waals surface area contributed by atoms with E-state index in [1.807, 2.05) is 12.1 Å². The molecule has 0 aliphatic carbocycles. The third kappa shape index (κ3) is 0.708. The highest BCUT2D eigenvalue weighted by molar-refractivity contribution is 5.53. The molecule has 52 valence electrons. The molecule has 10 heavy (non-hydrogen) atoms. The molecule has 0 spiro atoms. The van der Waals surface area contributed by atoms with Crippen LogP contribution >= 0.6 is 0 Å². The van der Waals surface area contributed by atoms with Gasteiger partial charge in [-0.1, -0.05) is 6.07 Å². The van der Waals surface area contributed by atoms with E-state index in [0.717, 1.165) is 18.8 Å². The summed E-state index contributed by atoms with van der Waals surface area (Å²) in [5.41, 5.74) is 6.75. The van der Waals surface area contributed by atoms with Gasteiger partial charge in [-0.25, -0.2) is 4.98 Å². The molecule has 1 aromatic heterocycles. The quantitative estimate of drug-likeness (QED) is 0.548. The number of pyridine rings is 1. The van der Waals surface area contributed by atoms with Crippen molar-refractivity contribution in [2.24, 2.45) is 0 Å². The highest BCUT2D eigenvalue weighted by Crippen LogP contribution is 2.19. The molecule has 0 atom stereocenters. The van der Waals surface area contributed by atoms with Crippen LogP contribution in [-0.4, -0.2) is 11.5 Å². The number of anilines is 2. The highest BCUT2D eigenvalue weighted by Gasteiger charge is 2.09. The minimum absolute atomic E-state index is 0.591. The molecular weight excluding hydrogens is 126 g/mol. The maximum absolute atomic E-state index is 5.48. The van der Waals surface area contributed by atoms with Crippen LogP contribution in [0.25, 0.3) is 0 Å². The Morgan fingerprint density at radius 2 is 2.40 bits per heavy atom. The van der Waals surface area contributed by atoms with E-state index >= 15 is 0 Å². The molecule has 1 aliphatic rings. The number of hydrogen-bond acceptors (Lipinski definition) is 3. The molecule has 0 saturated carbocycles. The number of nitrogens with one attached hydrogen (secondary N) is 1. The zero-order chi connectivity index (χ0) is 6.97. The summed E-state index contributed by atoms with van der Waals surface area (Å²) in [5, 5.41) is 3.15. The van der Waals surface area contributed by atoms with Crippen LogP contribution in [0.15, 0.2) is 12.1 Å². The maximum Gasteiger partial charge on any atom is 0.131 e. The maximum atomic E-state index is 5.48. The van der Waals surface area contributed by atoms with Crippen LogP contribution < -0.4 is 11.1 Å². The Bertz CT molecular complexity index is 257. The van der Waals surface area contributed by atoms with Crippen LogP contribution in [0.2, 0.25) is 0 Å². The van der Waals surface area contributed by atoms with Gasteiger partial charge in [0.1, 0.15) is 11.6 Å². The van der Waals surface area contributed by atoms with Crippen molar-refractivity contribution >= 4 is 11.6 Å². The van der Waals surface area contributed by atoms with E-state index in [1.54, 1.807) is 0 Å². The number of rotatable bonds is 0. The lowest BCUT2D eigenvalue weighted by molar-refractivity contribution is 1.11. The molecule has 2 rings (SSSR count). The summed E-state index contributed by atoms with van der Waals surface area (Å²) in [6.07, 6.45) is 1.07. The van der Waals surface area contributed by atoms with Crippen molar-refractivity contribution in [1.82, 2.24) is 4.98 Å². The minimum Gasteiger partial charge on any atom is -0.384 e. The first-order chi connectivity index (χ1) is 4.86. The zero-order valence-corrected chi connectivity index (χ0v) is 5.59. The average molecular weight is 135 g/mol. The number of nitrogen functional groups attached to an aromatic ring is 1. The Balaban J connectivity index is 2.52. The molecule has 0 aromatic carbocycles. The second-order valence-electron chi connectivity index (χ2n) is 2.42. The Labute approximate surface area is 59.3 Å². The summed E-state index contributed by atoms with van der Waals surface area (Å²) in [4.78, 5) is 4.12. The Hall–Kier alpha value is -1.25. The molecule has 1 aliphatic heterocycles. The van der Waals surface area contributed by atoms with Crippen LogP contribution in [-0.2, 0) is 6.42 Å². The van der Waals surface area contributed by atoms with Crippen molar-refractivity contribution in [2.75, 3.05) is 17.6 Å². The van der Waals surface area contributed by atoms with Gasteiger partial charge in [0.05, 0.1) is 0 Å². The molecule has 0 bridgehead atoms. The van der Waals surface area contributed by atoms with Gasteiger partial charge >= 0.3 is 0 Å². The van der Waals surface area contributed by atoms with Crippen molar-refractivity contribution in [1.29, 1.82) is 0 Å². The van der Waals surface area contributed by atoms with Gasteiger partial charge in [0.25, 0.3) is 0 Å². The van der Waals surface area contributed by atoms with Gasteiger partial charge in [-0.3, -0.25) is 0 Å². The van der Waals surface area contributed by atoms with Gasteiger partial charge in [-0.2, -0.15) is 0 Å². The van der Waals surface area contributed by atoms with Crippen LogP contribution in [0.4, 0.5) is 11.6 Å². The molecule has 3 N–H and O–H groups in total. The molecule has 3 nitrogen and oxygen atoms in total. The third-order valence-corrected chi connectivity index (χ3v) is 1.69. The molecule has 1 aromatic rings. The van der Waals surface area contributed by atoms with E-state index in [2.05, 4.69) is 10.3 Å². The van der Waals surface area contributed by atoms with Gasteiger partial charge < -0.3 is 11.1 Å². The first-order valence-electron chi connectivity index (χ1n) is 3.35. The largest absolute Gasteiger partial charge is 0.384 e. The van der Waals surface area contributed by atoms with Gasteiger partial charge in [0.2, 0.25) is 0 Å². The molecule has 0 unspecified atom stereocenters. The zero-order valence-electron chi connectivity index (χ0n) is 5.59. The van der Waals surface area contributed by atoms with Crippen LogP contribution in [0.1, 0.15) is 5.56 Å². The number of fused-ring (bicyclic) bond motifs is 1. The Kier molecular flexibility index (Phi) is 1.03. The van der Waals surface area contributed by atoms with Gasteiger partial charge in [0, 0.05) is 6.54 Å². The first-order valence-corrected chi connectivity index (χ1v) is 3.35. The topological polar surface area (TPSA) is 50.9 Å². The fraction of sp³-hybridized carbons (Fsp3) is 0.286. The van der Waals surface area contributed by atoms with Crippen LogP contribution in [0.3, 0.4) is 0 Å². The number of nitrogens with zero attached hydrogens (tertiary/aromatic N) is 1. The lowest BCUT2D eigenvalue weighted by atomic mass is 10.2. The molecule has 0 amide bonds. The summed E-state index contributed by atoms with van der Waals surface area (Å²) in [5.74, 6) is 1.55. The Morgan fingerprint density at radius 3 is 3.30 bits per heavy atom. The second kappa shape index (κ2) is 1.87. The number of aromatic nitrogens is 1. The van der Waals surface area contributed by atoms with Crippen molar-refractivity contribution in [3.63, 3.8) is 0 Å². The molecular formula is C7H9N3. The van der Waals surface area contributed by atoms with Crippen molar-refractivity contribution in [3.8, 4) is 0 Å². The summed E-state index contributed by atoms with van der Waals surface area (Å²) >= 11 is 0. The summed E-state index contributed by atoms with van der Waals surface area (Å²) < 4.78 is 0. The number of hydrogen-bond donors (Lipinski definition) is 2. The van der Waals surface area contributed by atoms with E-state index in [0.29, 0.717) is 5.82 Å². The molecule has 0 fully saturated rings.